The van der Waals surface area contributed by atoms with E-state index >= 15 is 0 Å². The van der Waals surface area contributed by atoms with Gasteiger partial charge in [0.1, 0.15) is 18.3 Å². The van der Waals surface area contributed by atoms with Crippen LogP contribution in [0, 0.1) is 35.5 Å². The van der Waals surface area contributed by atoms with Crippen LogP contribution in [-0.4, -0.2) is 139 Å². The Bertz CT molecular complexity index is 1820. The summed E-state index contributed by atoms with van der Waals surface area (Å²) in [7, 11) is 4.66. The minimum Gasteiger partial charge on any atom is -0.459 e. The molecule has 2 bridgehead atoms. The van der Waals surface area contributed by atoms with Crippen molar-refractivity contribution in [2.45, 2.75) is 199 Å². The summed E-state index contributed by atoms with van der Waals surface area (Å²) in [6.45, 7) is 14.9. The minimum absolute atomic E-state index is 0.0210. The van der Waals surface area contributed by atoms with E-state index in [2.05, 4.69) is 13.8 Å². The van der Waals surface area contributed by atoms with Crippen LogP contribution in [0.25, 0.3) is 0 Å². The van der Waals surface area contributed by atoms with Gasteiger partial charge in [-0.1, -0.05) is 110 Å². The number of allylic oxidation sites excluding steroid dienone is 4. The zero-order valence-corrected chi connectivity index (χ0v) is 43.6. The van der Waals surface area contributed by atoms with Gasteiger partial charge in [0.05, 0.1) is 61.4 Å². The summed E-state index contributed by atoms with van der Waals surface area (Å²) in [4.78, 5) is 42.1. The second kappa shape index (κ2) is 28.7. The lowest BCUT2D eigenvalue weighted by molar-refractivity contribution is -0.289. The van der Waals surface area contributed by atoms with Crippen molar-refractivity contribution in [1.82, 2.24) is 0 Å². The largest absolute Gasteiger partial charge is 0.459 e. The van der Waals surface area contributed by atoms with E-state index in [-0.39, 0.29) is 67.8 Å². The smallest absolute Gasteiger partial charge is 0.334 e. The van der Waals surface area contributed by atoms with Gasteiger partial charge >= 0.3 is 17.9 Å². The molecular formula is C55H86O15. The van der Waals surface area contributed by atoms with Crippen LogP contribution >= 0.6 is 0 Å². The van der Waals surface area contributed by atoms with E-state index in [4.69, 9.17) is 37.9 Å². The first-order valence-electron chi connectivity index (χ1n) is 25.6. The number of carbonyl (C=O) groups excluding carboxylic acids is 3. The number of epoxide rings is 1. The Morgan fingerprint density at radius 3 is 2.11 bits per heavy atom. The van der Waals surface area contributed by atoms with Crippen molar-refractivity contribution in [3.05, 3.63) is 72.4 Å². The zero-order valence-electron chi connectivity index (χ0n) is 43.6. The van der Waals surface area contributed by atoms with Crippen LogP contribution in [0.2, 0.25) is 0 Å². The highest BCUT2D eigenvalue weighted by Crippen LogP contribution is 2.44. The Kier molecular flexibility index (Phi) is 24.2. The first-order valence-corrected chi connectivity index (χ1v) is 25.6. The molecule has 70 heavy (non-hydrogen) atoms. The molecule has 0 radical (unpaired) electrons. The lowest BCUT2D eigenvalue weighted by Gasteiger charge is -2.45. The molecule has 4 unspecified atom stereocenters. The Hall–Kier alpha value is -3.51. The van der Waals surface area contributed by atoms with Crippen LogP contribution in [0.5, 0.6) is 0 Å². The summed E-state index contributed by atoms with van der Waals surface area (Å²) in [5.74, 6) is -6.35. The maximum absolute atomic E-state index is 14.1. The van der Waals surface area contributed by atoms with Crippen LogP contribution in [0.1, 0.15) is 120 Å². The average Bonchev–Trinajstić information content (AvgIpc) is 4.12. The van der Waals surface area contributed by atoms with E-state index in [1.807, 2.05) is 45.1 Å². The van der Waals surface area contributed by atoms with Crippen molar-refractivity contribution in [2.24, 2.45) is 35.5 Å². The van der Waals surface area contributed by atoms with Crippen molar-refractivity contribution in [3.63, 3.8) is 0 Å². The number of aliphatic hydroxyl groups excluding tert-OH is 4. The number of aliphatic hydroxyl groups is 4. The summed E-state index contributed by atoms with van der Waals surface area (Å²) in [5, 5.41) is 46.0. The third-order valence-electron chi connectivity index (χ3n) is 14.8. The number of carbonyl (C=O) groups is 3. The molecule has 4 aliphatic heterocycles. The van der Waals surface area contributed by atoms with Gasteiger partial charge in [-0.3, -0.25) is 0 Å². The highest BCUT2D eigenvalue weighted by atomic mass is 16.7. The van der Waals surface area contributed by atoms with Gasteiger partial charge in [-0.05, 0) is 38.5 Å². The average molecular weight is 987 g/mol. The monoisotopic (exact) mass is 987 g/mol. The molecule has 396 valence electrons. The highest BCUT2D eigenvalue weighted by Gasteiger charge is 2.53. The van der Waals surface area contributed by atoms with Crippen molar-refractivity contribution in [2.75, 3.05) is 21.3 Å². The molecule has 2 saturated heterocycles. The van der Waals surface area contributed by atoms with Crippen LogP contribution in [0.15, 0.2) is 72.4 Å². The number of hydrogen-bond donors (Lipinski definition) is 4. The fraction of sp³-hybridized carbons (Fsp3) is 0.727. The van der Waals surface area contributed by atoms with Crippen molar-refractivity contribution in [3.8, 4) is 0 Å². The summed E-state index contributed by atoms with van der Waals surface area (Å²) in [6.07, 6.45) is 13.3. The summed E-state index contributed by atoms with van der Waals surface area (Å²) in [6, 6.07) is 0. The lowest BCUT2D eigenvalue weighted by Crippen LogP contribution is -2.52. The van der Waals surface area contributed by atoms with Crippen LogP contribution in [-0.2, 0) is 52.3 Å². The molecule has 4 aliphatic rings. The van der Waals surface area contributed by atoms with E-state index in [1.54, 1.807) is 51.3 Å². The highest BCUT2D eigenvalue weighted by molar-refractivity contribution is 5.96. The molecule has 4 heterocycles. The van der Waals surface area contributed by atoms with Crippen LogP contribution < -0.4 is 0 Å². The second-order valence-electron chi connectivity index (χ2n) is 20.4. The SMILES string of the molecule is CCCC(C)[C@@H]1O[C@@H]1C(OC)C(C)[C@H]1CCC[C@]2(C[C@H]3OC(=O)/C=C(/C)C(=O)O[C@@H](C[C@H](O)[C@@H](C)/C=C\[C@@H](OC)C[C@H](O)[C@@H](C)C=CC(=O)O2)C(OC)C\C=C/C=C\C=C\[C@@H](C)[C@@H](O)C[C@H](O)[C@@H]3C)O1. The Morgan fingerprint density at radius 1 is 0.757 bits per heavy atom. The normalized spacial score (nSPS) is 41.0. The molecule has 0 aliphatic carbocycles. The van der Waals surface area contributed by atoms with E-state index in [1.165, 1.54) is 27.2 Å². The fourth-order valence-corrected chi connectivity index (χ4v) is 9.78. The molecule has 0 amide bonds. The van der Waals surface area contributed by atoms with Gasteiger partial charge in [0.2, 0.25) is 5.79 Å². The summed E-state index contributed by atoms with van der Waals surface area (Å²) < 4.78 is 49.4. The predicted molar refractivity (Wildman–Crippen MR) is 265 cm³/mol. The molecule has 15 heteroatoms. The number of fused-ring (bicyclic) bond motifs is 6. The summed E-state index contributed by atoms with van der Waals surface area (Å²) >= 11 is 0. The van der Waals surface area contributed by atoms with Gasteiger partial charge in [-0.25, -0.2) is 14.4 Å². The Balaban J connectivity index is 1.85. The van der Waals surface area contributed by atoms with Gasteiger partial charge in [0, 0.05) is 94.3 Å². The summed E-state index contributed by atoms with van der Waals surface area (Å²) in [5.41, 5.74) is -0.0959. The van der Waals surface area contributed by atoms with E-state index in [9.17, 15) is 34.8 Å². The topological polar surface area (TPSA) is 209 Å². The molecule has 0 aromatic heterocycles. The van der Waals surface area contributed by atoms with Crippen molar-refractivity contribution >= 4 is 17.9 Å². The van der Waals surface area contributed by atoms with Gasteiger partial charge in [0.25, 0.3) is 0 Å². The van der Waals surface area contributed by atoms with Gasteiger partial charge < -0.3 is 58.3 Å². The van der Waals surface area contributed by atoms with Crippen molar-refractivity contribution < 1.29 is 72.7 Å². The zero-order chi connectivity index (χ0) is 51.7. The predicted octanol–water partition coefficient (Wildman–Crippen LogP) is 7.20. The van der Waals surface area contributed by atoms with E-state index in [0.29, 0.717) is 25.2 Å². The standard InChI is InChI=1S/C55H86O15/c1-12-19-36(5)51-53(68-51)52(65-11)39(8)45-22-18-27-55(69-45)32-48-38(7)44(59)30-42(57)33(2)20-16-14-13-15-17-21-46(64-10)47(67-54(62)37(6)28-50(61)66-48)31-43(58)34(3)23-25-40(63-9)29-41(56)35(4)24-26-49(60)70-55/h13-17,20,23-26,28,33-36,38-48,51-53,56-59H,12,18-19,21-22,27,29-32H2,1-11H3/b14-13-,17-15-,20-16+,25-23-,26-24?,37-28-/t33-,34+,35+,36?,38+,39?,40-,41+,42+,43+,44+,45-,46?,47+,48-,51+,52?,53+,55+/m1/s1. The minimum atomic E-state index is -1.70. The second-order valence-corrected chi connectivity index (χ2v) is 20.4. The molecule has 1 spiro atoms. The molecule has 0 saturated carbocycles. The number of hydrogen-bond acceptors (Lipinski definition) is 15. The number of ether oxygens (including phenoxy) is 8. The van der Waals surface area contributed by atoms with Gasteiger partial charge in [-0.2, -0.15) is 0 Å². The molecule has 2 fully saturated rings. The first kappa shape index (κ1) is 59.1. The third-order valence-corrected chi connectivity index (χ3v) is 14.8. The molecule has 0 aromatic rings. The van der Waals surface area contributed by atoms with Gasteiger partial charge in [0.15, 0.2) is 0 Å². The number of rotatable bonds is 9. The molecule has 0 aromatic carbocycles. The maximum atomic E-state index is 14.1. The molecule has 15 nitrogen and oxygen atoms in total. The third kappa shape index (κ3) is 17.6. The quantitative estimate of drug-likeness (QED) is 0.0780. The van der Waals surface area contributed by atoms with E-state index in [0.717, 1.165) is 18.9 Å². The fourth-order valence-electron chi connectivity index (χ4n) is 9.78. The first-order chi connectivity index (χ1) is 33.3. The number of methoxy groups -OCH3 is 3. The molecule has 4 rings (SSSR count). The number of esters is 3. The van der Waals surface area contributed by atoms with Crippen LogP contribution in [0.4, 0.5) is 0 Å². The Labute approximate surface area is 417 Å². The van der Waals surface area contributed by atoms with Crippen molar-refractivity contribution in [1.29, 1.82) is 0 Å². The molecular weight excluding hydrogens is 901 g/mol. The van der Waals surface area contributed by atoms with Gasteiger partial charge in [-0.15, -0.1) is 0 Å². The maximum Gasteiger partial charge on any atom is 0.334 e. The lowest BCUT2D eigenvalue weighted by atomic mass is 9.83. The molecule has 4 N–H and O–H groups in total. The Morgan fingerprint density at radius 2 is 1.43 bits per heavy atom. The van der Waals surface area contributed by atoms with E-state index < -0.39 is 96.4 Å². The molecule has 19 atom stereocenters. The van der Waals surface area contributed by atoms with Crippen LogP contribution in [0.3, 0.4) is 0 Å².